The van der Waals surface area contributed by atoms with E-state index in [1.54, 1.807) is 14.2 Å². The van der Waals surface area contributed by atoms with Crippen LogP contribution in [0.4, 0.5) is 4.39 Å². The van der Waals surface area contributed by atoms with Crippen molar-refractivity contribution in [3.63, 3.8) is 0 Å². The number of hydrogen-bond acceptors (Lipinski definition) is 4. The predicted octanol–water partition coefficient (Wildman–Crippen LogP) is 6.59. The fourth-order valence-corrected chi connectivity index (χ4v) is 5.74. The van der Waals surface area contributed by atoms with Crippen LogP contribution in [-0.2, 0) is 11.3 Å². The zero-order valence-corrected chi connectivity index (χ0v) is 20.8. The second kappa shape index (κ2) is 9.10. The Hall–Kier alpha value is -3.64. The molecule has 5 nitrogen and oxygen atoms in total. The lowest BCUT2D eigenvalue weighted by atomic mass is 9.89. The van der Waals surface area contributed by atoms with Crippen LogP contribution >= 0.6 is 0 Å². The van der Waals surface area contributed by atoms with Gasteiger partial charge in [0.05, 0.1) is 26.3 Å². The van der Waals surface area contributed by atoms with Gasteiger partial charge < -0.3 is 18.8 Å². The number of nitrogens with zero attached hydrogens (tertiary/aromatic N) is 2. The van der Waals surface area contributed by atoms with Crippen molar-refractivity contribution in [2.45, 2.75) is 32.2 Å². The largest absolute Gasteiger partial charge is 0.493 e. The minimum atomic E-state index is -0.244. The van der Waals surface area contributed by atoms with E-state index < -0.39 is 0 Å². The van der Waals surface area contributed by atoms with Crippen molar-refractivity contribution < 1.29 is 18.6 Å². The monoisotopic (exact) mass is 484 g/mol. The number of halogens is 1. The van der Waals surface area contributed by atoms with E-state index in [4.69, 9.17) is 14.2 Å². The molecule has 0 atom stereocenters. The lowest BCUT2D eigenvalue weighted by molar-refractivity contribution is 0.0843. The summed E-state index contributed by atoms with van der Waals surface area (Å²) in [6.07, 6.45) is 3.81. The predicted molar refractivity (Wildman–Crippen MR) is 141 cm³/mol. The quantitative estimate of drug-likeness (QED) is 0.321. The molecular weight excluding hydrogens is 455 g/mol. The van der Waals surface area contributed by atoms with Crippen molar-refractivity contribution in [3.05, 3.63) is 76.7 Å². The van der Waals surface area contributed by atoms with E-state index in [0.29, 0.717) is 18.2 Å². The third-order valence-electron chi connectivity index (χ3n) is 7.40. The molecule has 3 heterocycles. The second-order valence-corrected chi connectivity index (χ2v) is 9.53. The molecule has 36 heavy (non-hydrogen) atoms. The Morgan fingerprint density at radius 1 is 1.00 bits per heavy atom. The highest BCUT2D eigenvalue weighted by atomic mass is 19.1. The van der Waals surface area contributed by atoms with Crippen LogP contribution in [-0.4, -0.2) is 38.2 Å². The van der Waals surface area contributed by atoms with Crippen LogP contribution in [0.2, 0.25) is 0 Å². The standard InChI is InChI=1S/C30H29FN2O3/c1-18-12-20(15-27(34-2)30(18)35-3)28-25-13-21-16-32-17-22(21)14-26(25)33(24-6-4-23(31)5-7-24)29(28)19-8-10-36-11-9-19/h4-7,12-15,17,19H,8-11,16H2,1-3H3. The highest BCUT2D eigenvalue weighted by molar-refractivity contribution is 6.03. The summed E-state index contributed by atoms with van der Waals surface area (Å²) >= 11 is 0. The number of aromatic nitrogens is 1. The van der Waals surface area contributed by atoms with Gasteiger partial charge in [-0.3, -0.25) is 4.99 Å². The van der Waals surface area contributed by atoms with Gasteiger partial charge >= 0.3 is 0 Å². The van der Waals surface area contributed by atoms with E-state index in [1.165, 1.54) is 29.0 Å². The van der Waals surface area contributed by atoms with Gasteiger partial charge in [0.25, 0.3) is 0 Å². The first-order valence-electron chi connectivity index (χ1n) is 12.4. The molecule has 1 aromatic heterocycles. The maximum absolute atomic E-state index is 14.0. The molecule has 6 heteroatoms. The number of ether oxygens (including phenoxy) is 3. The van der Waals surface area contributed by atoms with Gasteiger partial charge in [0.15, 0.2) is 11.5 Å². The summed E-state index contributed by atoms with van der Waals surface area (Å²) in [5, 5.41) is 1.16. The zero-order valence-electron chi connectivity index (χ0n) is 20.8. The Kier molecular flexibility index (Phi) is 5.76. The second-order valence-electron chi connectivity index (χ2n) is 9.53. The summed E-state index contributed by atoms with van der Waals surface area (Å²) in [5.74, 6) is 1.50. The summed E-state index contributed by atoms with van der Waals surface area (Å²) < 4.78 is 33.4. The van der Waals surface area contributed by atoms with Crippen LogP contribution in [0.3, 0.4) is 0 Å². The summed E-state index contributed by atoms with van der Waals surface area (Å²) in [5.41, 5.74) is 8.90. The lowest BCUT2D eigenvalue weighted by Gasteiger charge is -2.26. The van der Waals surface area contributed by atoms with Crippen molar-refractivity contribution in [1.29, 1.82) is 0 Å². The Morgan fingerprint density at radius 2 is 1.78 bits per heavy atom. The van der Waals surface area contributed by atoms with E-state index in [9.17, 15) is 4.39 Å². The molecule has 1 saturated heterocycles. The van der Waals surface area contributed by atoms with Crippen molar-refractivity contribution >= 4 is 17.1 Å². The molecule has 0 spiro atoms. The third-order valence-corrected chi connectivity index (χ3v) is 7.40. The van der Waals surface area contributed by atoms with Crippen LogP contribution in [0.25, 0.3) is 27.7 Å². The number of benzene rings is 3. The molecule has 2 aliphatic rings. The first-order chi connectivity index (χ1) is 17.6. The molecule has 0 saturated carbocycles. The van der Waals surface area contributed by atoms with Crippen LogP contribution < -0.4 is 9.47 Å². The first-order valence-corrected chi connectivity index (χ1v) is 12.4. The Morgan fingerprint density at radius 3 is 2.50 bits per heavy atom. The average molecular weight is 485 g/mol. The smallest absolute Gasteiger partial charge is 0.163 e. The van der Waals surface area contributed by atoms with Gasteiger partial charge in [-0.2, -0.15) is 0 Å². The summed E-state index contributed by atoms with van der Waals surface area (Å²) in [4.78, 5) is 4.51. The molecule has 3 aromatic carbocycles. The molecule has 0 N–H and O–H groups in total. The molecule has 2 aliphatic heterocycles. The first kappa shape index (κ1) is 22.8. The van der Waals surface area contributed by atoms with Gasteiger partial charge in [-0.25, -0.2) is 4.39 Å². The molecule has 0 unspecified atom stereocenters. The molecule has 184 valence electrons. The van der Waals surface area contributed by atoms with Crippen LogP contribution in [0.5, 0.6) is 11.5 Å². The van der Waals surface area contributed by atoms with Gasteiger partial charge in [0.2, 0.25) is 0 Å². The number of rotatable bonds is 5. The van der Waals surface area contributed by atoms with E-state index >= 15 is 0 Å². The highest BCUT2D eigenvalue weighted by Gasteiger charge is 2.29. The molecule has 0 aliphatic carbocycles. The molecular formula is C30H29FN2O3. The highest BCUT2D eigenvalue weighted by Crippen LogP contribution is 2.47. The number of aliphatic imine (C=N–C) groups is 1. The van der Waals surface area contributed by atoms with Gasteiger partial charge in [0.1, 0.15) is 5.82 Å². The summed E-state index contributed by atoms with van der Waals surface area (Å²) in [6, 6.07) is 15.5. The van der Waals surface area contributed by atoms with Gasteiger partial charge in [-0.15, -0.1) is 0 Å². The fraction of sp³-hybridized carbons (Fsp3) is 0.300. The van der Waals surface area contributed by atoms with Crippen LogP contribution in [0.1, 0.15) is 41.1 Å². The van der Waals surface area contributed by atoms with Crippen molar-refractivity contribution in [2.24, 2.45) is 4.99 Å². The van der Waals surface area contributed by atoms with Crippen LogP contribution in [0.15, 0.2) is 53.5 Å². The maximum Gasteiger partial charge on any atom is 0.163 e. The number of methoxy groups -OCH3 is 2. The minimum absolute atomic E-state index is 0.244. The molecule has 4 aromatic rings. The lowest BCUT2D eigenvalue weighted by Crippen LogP contribution is -2.17. The number of hydrogen-bond donors (Lipinski definition) is 0. The molecule has 6 rings (SSSR count). The van der Waals surface area contributed by atoms with Crippen molar-refractivity contribution in [3.8, 4) is 28.3 Å². The van der Waals surface area contributed by atoms with Crippen molar-refractivity contribution in [1.82, 2.24) is 4.57 Å². The van der Waals surface area contributed by atoms with Gasteiger partial charge in [0, 0.05) is 47.7 Å². The number of fused-ring (bicyclic) bond motifs is 2. The minimum Gasteiger partial charge on any atom is -0.493 e. The van der Waals surface area contributed by atoms with Crippen LogP contribution in [0, 0.1) is 12.7 Å². The molecule has 0 amide bonds. The van der Waals surface area contributed by atoms with E-state index in [0.717, 1.165) is 65.1 Å². The molecule has 1 fully saturated rings. The van der Waals surface area contributed by atoms with E-state index in [1.807, 2.05) is 25.3 Å². The Balaban J connectivity index is 1.73. The van der Waals surface area contributed by atoms with Gasteiger partial charge in [-0.05, 0) is 90.6 Å². The SMILES string of the molecule is COc1cc(-c2c(C3CCOCC3)n(-c3ccc(F)cc3)c3cc4c(cc23)CN=C4)cc(C)c1OC. The Bertz CT molecular complexity index is 1480. The Labute approximate surface area is 210 Å². The molecule has 0 bridgehead atoms. The fourth-order valence-electron chi connectivity index (χ4n) is 5.74. The van der Waals surface area contributed by atoms with Gasteiger partial charge in [-0.1, -0.05) is 0 Å². The zero-order chi connectivity index (χ0) is 24.8. The summed E-state index contributed by atoms with van der Waals surface area (Å²) in [6.45, 7) is 4.18. The maximum atomic E-state index is 14.0. The number of aryl methyl sites for hydroxylation is 1. The average Bonchev–Trinajstić information content (AvgIpc) is 3.49. The topological polar surface area (TPSA) is 45.0 Å². The van der Waals surface area contributed by atoms with E-state index in [-0.39, 0.29) is 5.82 Å². The van der Waals surface area contributed by atoms with E-state index in [2.05, 4.69) is 33.8 Å². The molecule has 0 radical (unpaired) electrons. The van der Waals surface area contributed by atoms with Crippen molar-refractivity contribution in [2.75, 3.05) is 27.4 Å². The summed E-state index contributed by atoms with van der Waals surface area (Å²) in [7, 11) is 3.34. The normalized spacial score (nSPS) is 15.4. The third kappa shape index (κ3) is 3.68.